The summed E-state index contributed by atoms with van der Waals surface area (Å²) < 4.78 is 19.2. The van der Waals surface area contributed by atoms with Crippen molar-refractivity contribution in [3.05, 3.63) is 47.0 Å². The van der Waals surface area contributed by atoms with Gasteiger partial charge in [-0.25, -0.2) is 9.18 Å². The number of halogens is 1. The molecular formula is C21H24FN5O3S. The lowest BCUT2D eigenvalue weighted by atomic mass is 9.93. The standard InChI is InChI=1S/C21H24FN5O3S/c1-30-19(28)12-27-24-18(23-25-27)10-14-11-26(9-8-17(14)31)20(21(29)13-6-7-13)15-4-2-3-5-16(15)22/h2-5,10,13,17,20,31H,6-9,11-12H2,1H3. The Kier molecular flexibility index (Phi) is 6.47. The Bertz CT molecular complexity index is 1010. The first-order chi connectivity index (χ1) is 15.0. The molecule has 0 spiro atoms. The van der Waals surface area contributed by atoms with Gasteiger partial charge in [-0.05, 0) is 42.2 Å². The molecule has 0 N–H and O–H groups in total. The second-order valence-corrected chi connectivity index (χ2v) is 8.47. The summed E-state index contributed by atoms with van der Waals surface area (Å²) >= 11 is 4.67. The largest absolute Gasteiger partial charge is 0.468 e. The van der Waals surface area contributed by atoms with Crippen molar-refractivity contribution in [1.29, 1.82) is 0 Å². The van der Waals surface area contributed by atoms with Crippen LogP contribution in [-0.2, 0) is 20.9 Å². The minimum atomic E-state index is -0.624. The second kappa shape index (κ2) is 9.27. The van der Waals surface area contributed by atoms with E-state index in [0.717, 1.165) is 23.2 Å². The summed E-state index contributed by atoms with van der Waals surface area (Å²) in [4.78, 5) is 27.7. The number of carbonyl (C=O) groups is 2. The molecule has 0 amide bonds. The Labute approximate surface area is 184 Å². The van der Waals surface area contributed by atoms with Gasteiger partial charge >= 0.3 is 5.97 Å². The maximum absolute atomic E-state index is 14.6. The number of thiol groups is 1. The molecular weight excluding hydrogens is 421 g/mol. The number of rotatable bonds is 7. The molecule has 1 aromatic carbocycles. The van der Waals surface area contributed by atoms with Crippen molar-refractivity contribution in [3.8, 4) is 0 Å². The van der Waals surface area contributed by atoms with E-state index in [1.165, 1.54) is 13.2 Å². The highest BCUT2D eigenvalue weighted by Crippen LogP contribution is 2.39. The molecule has 1 aliphatic heterocycles. The van der Waals surface area contributed by atoms with Crippen LogP contribution in [0.5, 0.6) is 0 Å². The van der Waals surface area contributed by atoms with Gasteiger partial charge in [0.1, 0.15) is 5.82 Å². The van der Waals surface area contributed by atoms with Gasteiger partial charge in [0.25, 0.3) is 0 Å². The third-order valence-corrected chi connectivity index (χ3v) is 6.19. The van der Waals surface area contributed by atoms with Crippen molar-refractivity contribution in [2.45, 2.75) is 37.1 Å². The highest BCUT2D eigenvalue weighted by atomic mass is 32.1. The number of tetrazole rings is 1. The number of esters is 1. The Morgan fingerprint density at radius 2 is 2.10 bits per heavy atom. The van der Waals surface area contributed by atoms with Crippen LogP contribution < -0.4 is 0 Å². The van der Waals surface area contributed by atoms with Crippen molar-refractivity contribution < 1.29 is 18.7 Å². The number of benzene rings is 1. The summed E-state index contributed by atoms with van der Waals surface area (Å²) in [7, 11) is 1.29. The summed E-state index contributed by atoms with van der Waals surface area (Å²) in [6.07, 6.45) is 4.20. The van der Waals surface area contributed by atoms with Crippen molar-refractivity contribution >= 4 is 30.5 Å². The maximum Gasteiger partial charge on any atom is 0.329 e. The van der Waals surface area contributed by atoms with E-state index >= 15 is 0 Å². The fourth-order valence-corrected chi connectivity index (χ4v) is 4.07. The van der Waals surface area contributed by atoms with E-state index in [-0.39, 0.29) is 29.3 Å². The number of piperidine rings is 1. The number of ketones is 1. The number of hydrogen-bond acceptors (Lipinski definition) is 8. The quantitative estimate of drug-likeness (QED) is 0.516. The molecule has 0 radical (unpaired) electrons. The molecule has 2 fully saturated rings. The number of ether oxygens (including phenoxy) is 1. The van der Waals surface area contributed by atoms with Crippen LogP contribution in [0.4, 0.5) is 4.39 Å². The molecule has 1 aliphatic carbocycles. The summed E-state index contributed by atoms with van der Waals surface area (Å²) in [5.41, 5.74) is 1.33. The zero-order valence-electron chi connectivity index (χ0n) is 17.1. The van der Waals surface area contributed by atoms with E-state index < -0.39 is 12.0 Å². The minimum Gasteiger partial charge on any atom is -0.468 e. The SMILES string of the molecule is COC(=O)Cn1nnc(C=C2CN(C(C(=O)C3CC3)c3ccccc3F)CCC2S)n1. The predicted octanol–water partition coefficient (Wildman–Crippen LogP) is 2.09. The fourth-order valence-electron chi connectivity index (χ4n) is 3.80. The molecule has 1 saturated heterocycles. The van der Waals surface area contributed by atoms with Gasteiger partial charge in [-0.2, -0.15) is 17.4 Å². The number of aromatic nitrogens is 4. The van der Waals surface area contributed by atoms with Crippen LogP contribution in [0, 0.1) is 11.7 Å². The molecule has 1 saturated carbocycles. The molecule has 164 valence electrons. The number of Topliss-reactive ketones (excluding diaryl/α,β-unsaturated/α-hetero) is 1. The molecule has 2 aliphatic rings. The van der Waals surface area contributed by atoms with Gasteiger partial charge in [0, 0.05) is 29.8 Å². The monoisotopic (exact) mass is 445 g/mol. The zero-order valence-corrected chi connectivity index (χ0v) is 18.0. The van der Waals surface area contributed by atoms with Gasteiger partial charge in [0.15, 0.2) is 18.2 Å². The number of likely N-dealkylation sites (tertiary alicyclic amines) is 1. The van der Waals surface area contributed by atoms with Crippen molar-refractivity contribution in [1.82, 2.24) is 25.1 Å². The summed E-state index contributed by atoms with van der Waals surface area (Å²) in [5.74, 6) is -0.420. The van der Waals surface area contributed by atoms with E-state index in [9.17, 15) is 14.0 Å². The lowest BCUT2D eigenvalue weighted by molar-refractivity contribution is -0.141. The first-order valence-electron chi connectivity index (χ1n) is 10.2. The normalized spacial score (nSPS) is 21.8. The average Bonchev–Trinajstić information content (AvgIpc) is 3.53. The highest BCUT2D eigenvalue weighted by Gasteiger charge is 2.40. The number of methoxy groups -OCH3 is 1. The third-order valence-electron chi connectivity index (χ3n) is 5.60. The topological polar surface area (TPSA) is 90.2 Å². The Balaban J connectivity index is 1.58. The third kappa shape index (κ3) is 5.01. The molecule has 1 aromatic heterocycles. The van der Waals surface area contributed by atoms with Crippen molar-refractivity contribution in [3.63, 3.8) is 0 Å². The van der Waals surface area contributed by atoms with Crippen molar-refractivity contribution in [2.75, 3.05) is 20.2 Å². The van der Waals surface area contributed by atoms with Gasteiger partial charge in [-0.3, -0.25) is 9.69 Å². The summed E-state index contributed by atoms with van der Waals surface area (Å²) in [6, 6.07) is 5.86. The average molecular weight is 446 g/mol. The predicted molar refractivity (Wildman–Crippen MR) is 114 cm³/mol. The fraction of sp³-hybridized carbons (Fsp3) is 0.476. The maximum atomic E-state index is 14.6. The van der Waals surface area contributed by atoms with E-state index in [1.54, 1.807) is 24.3 Å². The van der Waals surface area contributed by atoms with Crippen LogP contribution in [0.25, 0.3) is 6.08 Å². The van der Waals surface area contributed by atoms with Gasteiger partial charge in [-0.1, -0.05) is 18.2 Å². The van der Waals surface area contributed by atoms with E-state index in [0.29, 0.717) is 30.9 Å². The van der Waals surface area contributed by atoms with Gasteiger partial charge in [0.2, 0.25) is 0 Å². The van der Waals surface area contributed by atoms with Crippen molar-refractivity contribution in [2.24, 2.45) is 5.92 Å². The Morgan fingerprint density at radius 3 is 2.81 bits per heavy atom. The zero-order chi connectivity index (χ0) is 22.0. The molecule has 0 bridgehead atoms. The van der Waals surface area contributed by atoms with Crippen LogP contribution in [0.2, 0.25) is 0 Å². The molecule has 10 heteroatoms. The molecule has 8 nitrogen and oxygen atoms in total. The molecule has 2 heterocycles. The van der Waals surface area contributed by atoms with Gasteiger partial charge in [-0.15, -0.1) is 10.2 Å². The van der Waals surface area contributed by atoms with Gasteiger partial charge < -0.3 is 4.74 Å². The Morgan fingerprint density at radius 1 is 1.32 bits per heavy atom. The minimum absolute atomic E-state index is 0.00523. The van der Waals surface area contributed by atoms with E-state index in [2.05, 4.69) is 32.8 Å². The Hall–Kier alpha value is -2.59. The molecule has 2 atom stereocenters. The van der Waals surface area contributed by atoms with Crippen LogP contribution in [0.3, 0.4) is 0 Å². The molecule has 2 unspecified atom stereocenters. The molecule has 31 heavy (non-hydrogen) atoms. The molecule has 4 rings (SSSR count). The first-order valence-corrected chi connectivity index (χ1v) is 10.7. The number of nitrogens with zero attached hydrogens (tertiary/aromatic N) is 5. The molecule has 2 aromatic rings. The summed E-state index contributed by atoms with van der Waals surface area (Å²) in [6.45, 7) is 0.941. The number of hydrogen-bond donors (Lipinski definition) is 1. The van der Waals surface area contributed by atoms with Gasteiger partial charge in [0.05, 0.1) is 13.2 Å². The van der Waals surface area contributed by atoms with E-state index in [1.807, 2.05) is 4.90 Å². The summed E-state index contributed by atoms with van der Waals surface area (Å²) in [5, 5.41) is 12.0. The van der Waals surface area contributed by atoms with E-state index in [4.69, 9.17) is 0 Å². The highest BCUT2D eigenvalue weighted by molar-refractivity contribution is 7.81. The van der Waals surface area contributed by atoms with Crippen LogP contribution in [0.1, 0.15) is 36.7 Å². The lowest BCUT2D eigenvalue weighted by Crippen LogP contribution is -2.42. The second-order valence-electron chi connectivity index (χ2n) is 7.85. The van der Waals surface area contributed by atoms with Crippen LogP contribution in [-0.4, -0.2) is 62.3 Å². The lowest BCUT2D eigenvalue weighted by Gasteiger charge is -2.37. The van der Waals surface area contributed by atoms with Crippen LogP contribution >= 0.6 is 12.6 Å². The van der Waals surface area contributed by atoms with Crippen LogP contribution in [0.15, 0.2) is 29.8 Å². The first kappa shape index (κ1) is 21.6. The smallest absolute Gasteiger partial charge is 0.329 e. The number of carbonyl (C=O) groups excluding carboxylic acids is 2.